The monoisotopic (exact) mass is 198 g/mol. The van der Waals surface area contributed by atoms with Gasteiger partial charge in [-0.05, 0) is 12.3 Å². The summed E-state index contributed by atoms with van der Waals surface area (Å²) in [6, 6.07) is 0. The first-order valence-electron chi connectivity index (χ1n) is 5.34. The van der Waals surface area contributed by atoms with Gasteiger partial charge in [-0.15, -0.1) is 0 Å². The highest BCUT2D eigenvalue weighted by atomic mass is 16.5. The van der Waals surface area contributed by atoms with Crippen LogP contribution in [0.2, 0.25) is 0 Å². The highest BCUT2D eigenvalue weighted by Gasteiger charge is 2.21. The number of nitrogens with zero attached hydrogens (tertiary/aromatic N) is 1. The van der Waals surface area contributed by atoms with Crippen LogP contribution in [0.3, 0.4) is 0 Å². The summed E-state index contributed by atoms with van der Waals surface area (Å²) >= 11 is 0. The SMILES string of the molecule is N=C(CC1CCOC1)N1CCOCC1. The molecule has 1 atom stereocenters. The van der Waals surface area contributed by atoms with E-state index in [1.54, 1.807) is 0 Å². The second-order valence-corrected chi connectivity index (χ2v) is 3.98. The summed E-state index contributed by atoms with van der Waals surface area (Å²) in [4.78, 5) is 2.13. The molecule has 2 rings (SSSR count). The Kier molecular flexibility index (Phi) is 3.37. The molecule has 1 N–H and O–H groups in total. The predicted octanol–water partition coefficient (Wildman–Crippen LogP) is 0.722. The van der Waals surface area contributed by atoms with Crippen LogP contribution < -0.4 is 0 Å². The number of ether oxygens (including phenoxy) is 2. The Balaban J connectivity index is 1.75. The van der Waals surface area contributed by atoms with Gasteiger partial charge >= 0.3 is 0 Å². The van der Waals surface area contributed by atoms with Crippen LogP contribution in [0, 0.1) is 11.3 Å². The van der Waals surface area contributed by atoms with E-state index in [1.807, 2.05) is 0 Å². The zero-order valence-corrected chi connectivity index (χ0v) is 8.50. The maximum Gasteiger partial charge on any atom is 0.0962 e. The molecule has 2 fully saturated rings. The van der Waals surface area contributed by atoms with Gasteiger partial charge in [0.2, 0.25) is 0 Å². The van der Waals surface area contributed by atoms with Crippen LogP contribution in [0.4, 0.5) is 0 Å². The number of hydrogen-bond acceptors (Lipinski definition) is 3. The van der Waals surface area contributed by atoms with Crippen molar-refractivity contribution in [2.24, 2.45) is 5.92 Å². The summed E-state index contributed by atoms with van der Waals surface area (Å²) in [5, 5.41) is 7.96. The average molecular weight is 198 g/mol. The Morgan fingerprint density at radius 1 is 1.21 bits per heavy atom. The third-order valence-electron chi connectivity index (χ3n) is 2.90. The second kappa shape index (κ2) is 4.75. The molecule has 0 spiro atoms. The minimum absolute atomic E-state index is 0.574. The van der Waals surface area contributed by atoms with Crippen molar-refractivity contribution in [2.75, 3.05) is 39.5 Å². The van der Waals surface area contributed by atoms with Crippen LogP contribution >= 0.6 is 0 Å². The maximum atomic E-state index is 7.96. The zero-order chi connectivity index (χ0) is 9.80. The van der Waals surface area contributed by atoms with E-state index < -0.39 is 0 Å². The smallest absolute Gasteiger partial charge is 0.0962 e. The summed E-state index contributed by atoms with van der Waals surface area (Å²) in [5.74, 6) is 1.34. The van der Waals surface area contributed by atoms with Gasteiger partial charge in [0.1, 0.15) is 0 Å². The highest BCUT2D eigenvalue weighted by Crippen LogP contribution is 2.17. The van der Waals surface area contributed by atoms with Crippen LogP contribution in [0.1, 0.15) is 12.8 Å². The van der Waals surface area contributed by atoms with Gasteiger partial charge in [-0.3, -0.25) is 5.41 Å². The van der Waals surface area contributed by atoms with Gasteiger partial charge in [-0.2, -0.15) is 0 Å². The molecule has 0 aromatic rings. The topological polar surface area (TPSA) is 45.5 Å². The molecule has 80 valence electrons. The first kappa shape index (κ1) is 9.93. The summed E-state index contributed by atoms with van der Waals surface area (Å²) in [6.07, 6.45) is 1.99. The molecule has 0 aliphatic carbocycles. The summed E-state index contributed by atoms with van der Waals surface area (Å²) in [6.45, 7) is 5.01. The molecular formula is C10H18N2O2. The third-order valence-corrected chi connectivity index (χ3v) is 2.90. The van der Waals surface area contributed by atoms with Crippen LogP contribution in [0.5, 0.6) is 0 Å². The van der Waals surface area contributed by atoms with E-state index in [0.717, 1.165) is 58.2 Å². The number of amidine groups is 1. The van der Waals surface area contributed by atoms with Crippen LogP contribution in [0.25, 0.3) is 0 Å². The molecule has 2 aliphatic heterocycles. The van der Waals surface area contributed by atoms with Crippen LogP contribution in [-0.4, -0.2) is 50.3 Å². The van der Waals surface area contributed by atoms with Gasteiger partial charge in [0, 0.05) is 32.7 Å². The molecule has 2 heterocycles. The first-order valence-corrected chi connectivity index (χ1v) is 5.34. The fraction of sp³-hybridized carbons (Fsp3) is 0.900. The van der Waals surface area contributed by atoms with E-state index in [0.29, 0.717) is 5.92 Å². The highest BCUT2D eigenvalue weighted by molar-refractivity contribution is 5.79. The number of hydrogen-bond donors (Lipinski definition) is 1. The standard InChI is InChI=1S/C10H18N2O2/c11-10(7-9-1-4-14-8-9)12-2-5-13-6-3-12/h9,11H,1-8H2. The number of nitrogens with one attached hydrogen (secondary N) is 1. The zero-order valence-electron chi connectivity index (χ0n) is 8.50. The molecule has 0 amide bonds. The lowest BCUT2D eigenvalue weighted by Gasteiger charge is -2.29. The Bertz CT molecular complexity index is 196. The van der Waals surface area contributed by atoms with Crippen molar-refractivity contribution in [2.45, 2.75) is 12.8 Å². The lowest BCUT2D eigenvalue weighted by Crippen LogP contribution is -2.41. The van der Waals surface area contributed by atoms with Gasteiger partial charge in [-0.1, -0.05) is 0 Å². The average Bonchev–Trinajstić information content (AvgIpc) is 2.72. The molecule has 4 heteroatoms. The third kappa shape index (κ3) is 2.45. The van der Waals surface area contributed by atoms with E-state index in [1.165, 1.54) is 0 Å². The molecule has 0 bridgehead atoms. The van der Waals surface area contributed by atoms with Crippen molar-refractivity contribution in [3.8, 4) is 0 Å². The molecule has 0 radical (unpaired) electrons. The van der Waals surface area contributed by atoms with Crippen molar-refractivity contribution >= 4 is 5.84 Å². The molecule has 0 aromatic heterocycles. The van der Waals surface area contributed by atoms with Crippen molar-refractivity contribution in [3.05, 3.63) is 0 Å². The predicted molar refractivity (Wildman–Crippen MR) is 53.7 cm³/mol. The fourth-order valence-electron chi connectivity index (χ4n) is 1.98. The summed E-state index contributed by atoms with van der Waals surface area (Å²) in [7, 11) is 0. The number of rotatable bonds is 2. The first-order chi connectivity index (χ1) is 6.86. The Hall–Kier alpha value is -0.610. The van der Waals surface area contributed by atoms with E-state index in [2.05, 4.69) is 4.90 Å². The van der Waals surface area contributed by atoms with Crippen LogP contribution in [-0.2, 0) is 9.47 Å². The molecule has 2 aliphatic rings. The van der Waals surface area contributed by atoms with Crippen molar-refractivity contribution in [1.29, 1.82) is 5.41 Å². The quantitative estimate of drug-likeness (QED) is 0.525. The Labute approximate surface area is 84.7 Å². The number of morpholine rings is 1. The van der Waals surface area contributed by atoms with Gasteiger partial charge in [-0.25, -0.2) is 0 Å². The molecular weight excluding hydrogens is 180 g/mol. The van der Waals surface area contributed by atoms with Crippen LogP contribution in [0.15, 0.2) is 0 Å². The largest absolute Gasteiger partial charge is 0.381 e. The van der Waals surface area contributed by atoms with E-state index >= 15 is 0 Å². The normalized spacial score (nSPS) is 28.0. The second-order valence-electron chi connectivity index (χ2n) is 3.98. The molecule has 1 unspecified atom stereocenters. The molecule has 0 aromatic carbocycles. The maximum absolute atomic E-state index is 7.96. The Morgan fingerprint density at radius 2 is 2.00 bits per heavy atom. The lowest BCUT2D eigenvalue weighted by atomic mass is 10.0. The van der Waals surface area contributed by atoms with E-state index in [-0.39, 0.29) is 0 Å². The minimum Gasteiger partial charge on any atom is -0.381 e. The lowest BCUT2D eigenvalue weighted by molar-refractivity contribution is 0.0663. The van der Waals surface area contributed by atoms with E-state index in [9.17, 15) is 0 Å². The van der Waals surface area contributed by atoms with Gasteiger partial charge in [0.05, 0.1) is 19.0 Å². The summed E-state index contributed by atoms with van der Waals surface area (Å²) in [5.41, 5.74) is 0. The van der Waals surface area contributed by atoms with Crippen molar-refractivity contribution < 1.29 is 9.47 Å². The molecule has 0 saturated carbocycles. The van der Waals surface area contributed by atoms with Gasteiger partial charge in [0.25, 0.3) is 0 Å². The van der Waals surface area contributed by atoms with Gasteiger partial charge < -0.3 is 14.4 Å². The Morgan fingerprint density at radius 3 is 2.64 bits per heavy atom. The summed E-state index contributed by atoms with van der Waals surface area (Å²) < 4.78 is 10.6. The van der Waals surface area contributed by atoms with E-state index in [4.69, 9.17) is 14.9 Å². The van der Waals surface area contributed by atoms with Crippen molar-refractivity contribution in [1.82, 2.24) is 4.90 Å². The van der Waals surface area contributed by atoms with Gasteiger partial charge in [0.15, 0.2) is 0 Å². The van der Waals surface area contributed by atoms with Crippen molar-refractivity contribution in [3.63, 3.8) is 0 Å². The molecule has 2 saturated heterocycles. The fourth-order valence-corrected chi connectivity index (χ4v) is 1.98. The molecule has 14 heavy (non-hydrogen) atoms. The minimum atomic E-state index is 0.574. The molecule has 4 nitrogen and oxygen atoms in total.